The predicted molar refractivity (Wildman–Crippen MR) is 124 cm³/mol. The summed E-state index contributed by atoms with van der Waals surface area (Å²) in [6.45, 7) is 0.454. The van der Waals surface area contributed by atoms with Gasteiger partial charge in [-0.1, -0.05) is 18.2 Å². The van der Waals surface area contributed by atoms with Crippen molar-refractivity contribution in [2.45, 2.75) is 6.54 Å². The summed E-state index contributed by atoms with van der Waals surface area (Å²) in [6.07, 6.45) is 2.97. The normalized spacial score (nSPS) is 10.5. The quantitative estimate of drug-likeness (QED) is 0.356. The molecular formula is C23H21N7O2. The number of fused-ring (bicyclic) bond motifs is 1. The summed E-state index contributed by atoms with van der Waals surface area (Å²) in [7, 11) is 1.75. The lowest BCUT2D eigenvalue weighted by Gasteiger charge is -2.11. The summed E-state index contributed by atoms with van der Waals surface area (Å²) in [6, 6.07) is 16.0. The van der Waals surface area contributed by atoms with Crippen LogP contribution in [0.5, 0.6) is 0 Å². The van der Waals surface area contributed by atoms with Gasteiger partial charge in [0.15, 0.2) is 0 Å². The molecule has 32 heavy (non-hydrogen) atoms. The highest BCUT2D eigenvalue weighted by Crippen LogP contribution is 2.23. The fraction of sp³-hybridized carbons (Fsp3) is 0.0870. The first-order chi connectivity index (χ1) is 15.5. The van der Waals surface area contributed by atoms with Gasteiger partial charge in [-0.15, -0.1) is 0 Å². The second-order valence-corrected chi connectivity index (χ2v) is 6.98. The van der Waals surface area contributed by atoms with Crippen molar-refractivity contribution in [2.75, 3.05) is 23.0 Å². The number of aromatic nitrogens is 3. The van der Waals surface area contributed by atoms with Crippen LogP contribution in [0.25, 0.3) is 10.9 Å². The number of carbonyl (C=O) groups is 2. The molecule has 0 aliphatic heterocycles. The summed E-state index contributed by atoms with van der Waals surface area (Å²) in [5.74, 6) is 0.436. The van der Waals surface area contributed by atoms with Crippen LogP contribution in [-0.2, 0) is 6.54 Å². The molecule has 160 valence electrons. The molecular weight excluding hydrogens is 406 g/mol. The lowest BCUT2D eigenvalue weighted by atomic mass is 10.1. The maximum atomic E-state index is 12.6. The summed E-state index contributed by atoms with van der Waals surface area (Å²) >= 11 is 0. The maximum absolute atomic E-state index is 12.6. The van der Waals surface area contributed by atoms with E-state index in [1.54, 1.807) is 37.5 Å². The maximum Gasteiger partial charge on any atom is 0.255 e. The molecule has 4 rings (SSSR count). The number of amides is 2. The third-order valence-corrected chi connectivity index (χ3v) is 4.85. The Morgan fingerprint density at radius 3 is 2.66 bits per heavy atom. The van der Waals surface area contributed by atoms with E-state index in [9.17, 15) is 9.59 Å². The van der Waals surface area contributed by atoms with Crippen molar-refractivity contribution in [3.05, 3.63) is 83.8 Å². The van der Waals surface area contributed by atoms with Crippen LogP contribution in [0.1, 0.15) is 26.3 Å². The predicted octanol–water partition coefficient (Wildman–Crippen LogP) is 3.03. The topological polar surface area (TPSA) is 135 Å². The Morgan fingerprint density at radius 2 is 1.84 bits per heavy atom. The number of carbonyl (C=O) groups excluding carboxylic acids is 2. The zero-order chi connectivity index (χ0) is 22.5. The van der Waals surface area contributed by atoms with Crippen molar-refractivity contribution in [3.63, 3.8) is 0 Å². The molecule has 0 aliphatic rings. The fourth-order valence-corrected chi connectivity index (χ4v) is 3.28. The molecule has 0 unspecified atom stereocenters. The number of hydrogen-bond donors (Lipinski definition) is 4. The van der Waals surface area contributed by atoms with E-state index >= 15 is 0 Å². The Morgan fingerprint density at radius 1 is 1.00 bits per heavy atom. The Labute approximate surface area is 184 Å². The molecule has 0 fully saturated rings. The summed E-state index contributed by atoms with van der Waals surface area (Å²) in [5, 5.41) is 9.78. The van der Waals surface area contributed by atoms with Crippen molar-refractivity contribution in [1.29, 1.82) is 0 Å². The molecule has 0 bridgehead atoms. The summed E-state index contributed by atoms with van der Waals surface area (Å²) in [4.78, 5) is 36.8. The molecule has 0 aliphatic carbocycles. The molecule has 4 aromatic rings. The van der Waals surface area contributed by atoms with Gasteiger partial charge in [0.05, 0.1) is 11.1 Å². The minimum Gasteiger partial charge on any atom is -0.373 e. The third-order valence-electron chi connectivity index (χ3n) is 4.85. The van der Waals surface area contributed by atoms with Gasteiger partial charge in [0.2, 0.25) is 0 Å². The van der Waals surface area contributed by atoms with E-state index in [4.69, 9.17) is 5.73 Å². The van der Waals surface area contributed by atoms with E-state index in [0.29, 0.717) is 45.9 Å². The molecule has 0 atom stereocenters. The molecule has 2 aromatic carbocycles. The Kier molecular flexibility index (Phi) is 5.89. The number of benzene rings is 2. The van der Waals surface area contributed by atoms with Crippen LogP contribution in [0.3, 0.4) is 0 Å². The molecule has 2 aromatic heterocycles. The molecule has 0 saturated heterocycles. The average Bonchev–Trinajstić information content (AvgIpc) is 2.82. The molecule has 2 heterocycles. The minimum absolute atomic E-state index is 0.227. The summed E-state index contributed by atoms with van der Waals surface area (Å²) < 4.78 is 0. The largest absolute Gasteiger partial charge is 0.373 e. The minimum atomic E-state index is -0.542. The number of nitrogens with zero attached hydrogens (tertiary/aromatic N) is 3. The first-order valence-electron chi connectivity index (χ1n) is 9.86. The van der Waals surface area contributed by atoms with E-state index in [2.05, 4.69) is 30.9 Å². The number of nitrogens with two attached hydrogens (primary N) is 1. The van der Waals surface area contributed by atoms with Gasteiger partial charge in [0, 0.05) is 36.4 Å². The zero-order valence-corrected chi connectivity index (χ0v) is 17.3. The SMILES string of the molecule is CNc1cc(C(=O)Nc2cccc(CNc3ncnc4c(C(N)=O)cccc34)c2)ccn1. The van der Waals surface area contributed by atoms with Gasteiger partial charge in [-0.2, -0.15) is 0 Å². The molecule has 2 amide bonds. The Bertz CT molecular complexity index is 1310. The Balaban J connectivity index is 1.50. The van der Waals surface area contributed by atoms with Crippen molar-refractivity contribution in [3.8, 4) is 0 Å². The first-order valence-corrected chi connectivity index (χ1v) is 9.86. The molecule has 9 heteroatoms. The van der Waals surface area contributed by atoms with Crippen LogP contribution in [0.4, 0.5) is 17.3 Å². The van der Waals surface area contributed by atoms with Crippen molar-refractivity contribution < 1.29 is 9.59 Å². The van der Waals surface area contributed by atoms with E-state index < -0.39 is 5.91 Å². The van der Waals surface area contributed by atoms with Crippen LogP contribution in [0.2, 0.25) is 0 Å². The van der Waals surface area contributed by atoms with Crippen molar-refractivity contribution >= 4 is 40.0 Å². The van der Waals surface area contributed by atoms with E-state index in [1.807, 2.05) is 30.3 Å². The number of para-hydroxylation sites is 1. The van der Waals surface area contributed by atoms with E-state index in [-0.39, 0.29) is 5.91 Å². The van der Waals surface area contributed by atoms with Gasteiger partial charge in [0.1, 0.15) is 18.0 Å². The zero-order valence-electron chi connectivity index (χ0n) is 17.3. The van der Waals surface area contributed by atoms with E-state index in [0.717, 1.165) is 5.56 Å². The van der Waals surface area contributed by atoms with Crippen LogP contribution in [0, 0.1) is 0 Å². The van der Waals surface area contributed by atoms with Gasteiger partial charge >= 0.3 is 0 Å². The lowest BCUT2D eigenvalue weighted by Crippen LogP contribution is -2.13. The van der Waals surface area contributed by atoms with Crippen LogP contribution < -0.4 is 21.7 Å². The van der Waals surface area contributed by atoms with Crippen LogP contribution in [0.15, 0.2) is 67.1 Å². The number of pyridine rings is 1. The highest BCUT2D eigenvalue weighted by Gasteiger charge is 2.11. The molecule has 9 nitrogen and oxygen atoms in total. The summed E-state index contributed by atoms with van der Waals surface area (Å²) in [5.41, 5.74) is 8.40. The number of primary amides is 1. The van der Waals surface area contributed by atoms with Gasteiger partial charge < -0.3 is 21.7 Å². The van der Waals surface area contributed by atoms with Gasteiger partial charge in [-0.05, 0) is 42.0 Å². The second kappa shape index (κ2) is 9.09. The highest BCUT2D eigenvalue weighted by molar-refractivity contribution is 6.07. The lowest BCUT2D eigenvalue weighted by molar-refractivity contribution is 0.0999. The van der Waals surface area contributed by atoms with Crippen molar-refractivity contribution in [1.82, 2.24) is 15.0 Å². The van der Waals surface area contributed by atoms with Gasteiger partial charge in [-0.25, -0.2) is 15.0 Å². The van der Waals surface area contributed by atoms with Crippen LogP contribution in [-0.4, -0.2) is 33.8 Å². The number of anilines is 3. The average molecular weight is 427 g/mol. The highest BCUT2D eigenvalue weighted by atomic mass is 16.2. The monoisotopic (exact) mass is 427 g/mol. The second-order valence-electron chi connectivity index (χ2n) is 6.98. The van der Waals surface area contributed by atoms with Crippen LogP contribution >= 0.6 is 0 Å². The Hall–Kier alpha value is -4.53. The molecule has 0 radical (unpaired) electrons. The molecule has 5 N–H and O–H groups in total. The standard InChI is InChI=1S/C23H21N7O2/c1-25-19-11-15(8-9-26-19)23(32)30-16-5-2-4-14(10-16)12-27-22-18-7-3-6-17(21(24)31)20(18)28-13-29-22/h2-11,13H,12H2,1H3,(H2,24,31)(H,25,26)(H,30,32)(H,27,28,29). The number of rotatable bonds is 7. The van der Waals surface area contributed by atoms with Gasteiger partial charge in [-0.3, -0.25) is 9.59 Å². The fourth-order valence-electron chi connectivity index (χ4n) is 3.28. The first kappa shape index (κ1) is 20.7. The number of nitrogens with one attached hydrogen (secondary N) is 3. The van der Waals surface area contributed by atoms with Gasteiger partial charge in [0.25, 0.3) is 11.8 Å². The molecule has 0 spiro atoms. The number of hydrogen-bond acceptors (Lipinski definition) is 7. The van der Waals surface area contributed by atoms with Crippen molar-refractivity contribution in [2.24, 2.45) is 5.73 Å². The van der Waals surface area contributed by atoms with E-state index in [1.165, 1.54) is 6.33 Å². The third kappa shape index (κ3) is 4.46. The smallest absolute Gasteiger partial charge is 0.255 e. The molecule has 0 saturated carbocycles.